The van der Waals surface area contributed by atoms with E-state index in [1.165, 1.54) is 19.8 Å². The third kappa shape index (κ3) is 7.79. The van der Waals surface area contributed by atoms with Gasteiger partial charge in [0.25, 0.3) is 0 Å². The molecule has 1 atom stereocenters. The highest BCUT2D eigenvalue weighted by Gasteiger charge is 2.30. The van der Waals surface area contributed by atoms with Gasteiger partial charge in [-0.25, -0.2) is 4.79 Å². The van der Waals surface area contributed by atoms with Crippen LogP contribution in [0, 0.1) is 5.41 Å². The highest BCUT2D eigenvalue weighted by atomic mass is 16.5. The fourth-order valence-electron chi connectivity index (χ4n) is 4.09. The molecule has 1 saturated heterocycles. The molecule has 0 aliphatic carbocycles. The smallest absolute Gasteiger partial charge is 0.335 e. The van der Waals surface area contributed by atoms with Gasteiger partial charge in [0.05, 0.1) is 17.4 Å². The number of anilines is 1. The minimum Gasteiger partial charge on any atom is -0.457 e. The number of rotatable bonds is 8. The van der Waals surface area contributed by atoms with Gasteiger partial charge in [0.1, 0.15) is 29.3 Å². The molecule has 8 nitrogen and oxygen atoms in total. The molecule has 2 heterocycles. The third-order valence-electron chi connectivity index (χ3n) is 5.99. The Morgan fingerprint density at radius 2 is 1.68 bits per heavy atom. The van der Waals surface area contributed by atoms with Crippen molar-refractivity contribution in [2.24, 2.45) is 0 Å². The van der Waals surface area contributed by atoms with Crippen LogP contribution in [0.3, 0.4) is 0 Å². The molecule has 0 bridgehead atoms. The van der Waals surface area contributed by atoms with Crippen molar-refractivity contribution in [3.05, 3.63) is 83.6 Å². The second-order valence-corrected chi connectivity index (χ2v) is 9.01. The number of likely N-dealkylation sites (N-methyl/N-ethyl adjacent to an activating group) is 1. The molecular weight excluding hydrogens is 478 g/mol. The highest BCUT2D eigenvalue weighted by molar-refractivity contribution is 6.00. The minimum absolute atomic E-state index is 0.0417. The number of likely N-dealkylation sites (tertiary alicyclic amines) is 1. The quantitative estimate of drug-likeness (QED) is 0.271. The molecule has 4 rings (SSSR count). The van der Waals surface area contributed by atoms with Crippen LogP contribution in [0.2, 0.25) is 0 Å². The lowest BCUT2D eigenvalue weighted by atomic mass is 10.2. The average molecular weight is 520 g/mol. The number of nitrogens with one attached hydrogen (secondary N) is 2. The number of aromatic nitrogens is 2. The normalized spacial score (nSPS) is 14.4. The van der Waals surface area contributed by atoms with Crippen LogP contribution >= 0.6 is 0 Å². The van der Waals surface area contributed by atoms with E-state index in [0.717, 1.165) is 31.5 Å². The summed E-state index contributed by atoms with van der Waals surface area (Å²) in [5.41, 5.74) is 1.36. The van der Waals surface area contributed by atoms with E-state index in [4.69, 9.17) is 14.9 Å². The Hall–Kier alpha value is -3.91. The van der Waals surface area contributed by atoms with Crippen LogP contribution < -0.4 is 15.7 Å². The zero-order valence-electron chi connectivity index (χ0n) is 23.2. The molecule has 0 radical (unpaired) electrons. The van der Waals surface area contributed by atoms with Crippen LogP contribution in [0.4, 0.5) is 5.82 Å². The number of nitrogens with zero attached hydrogens (tertiary/aromatic N) is 3. The Balaban J connectivity index is 0.000000650. The summed E-state index contributed by atoms with van der Waals surface area (Å²) in [7, 11) is 2.05. The molecule has 1 aromatic heterocycles. The van der Waals surface area contributed by atoms with E-state index < -0.39 is 0 Å². The highest BCUT2D eigenvalue weighted by Crippen LogP contribution is 2.29. The zero-order valence-corrected chi connectivity index (χ0v) is 23.2. The van der Waals surface area contributed by atoms with E-state index in [2.05, 4.69) is 37.7 Å². The van der Waals surface area contributed by atoms with Crippen LogP contribution in [-0.2, 0) is 4.79 Å². The number of aldehydes is 1. The summed E-state index contributed by atoms with van der Waals surface area (Å²) in [4.78, 5) is 24.6. The molecule has 1 aliphatic heterocycles. The summed E-state index contributed by atoms with van der Waals surface area (Å²) in [5, 5.41) is 11.5. The molecular formula is C30H41N5O3. The first-order valence-electron chi connectivity index (χ1n) is 13.0. The van der Waals surface area contributed by atoms with Gasteiger partial charge in [-0.1, -0.05) is 51.5 Å². The van der Waals surface area contributed by atoms with E-state index in [9.17, 15) is 4.79 Å². The van der Waals surface area contributed by atoms with Gasteiger partial charge in [-0.05, 0) is 76.5 Å². The van der Waals surface area contributed by atoms with Gasteiger partial charge in [0.2, 0.25) is 0 Å². The molecule has 38 heavy (non-hydrogen) atoms. The Bertz CT molecular complexity index is 1230. The van der Waals surface area contributed by atoms with Gasteiger partial charge < -0.3 is 25.2 Å². The van der Waals surface area contributed by atoms with Gasteiger partial charge in [-0.15, -0.1) is 0 Å². The molecule has 0 spiro atoms. The van der Waals surface area contributed by atoms with Crippen molar-refractivity contribution in [2.45, 2.75) is 53.0 Å². The van der Waals surface area contributed by atoms with E-state index in [1.807, 2.05) is 54.6 Å². The number of ether oxygens (including phenoxy) is 1. The van der Waals surface area contributed by atoms with Crippen LogP contribution in [0.5, 0.6) is 11.5 Å². The van der Waals surface area contributed by atoms with Gasteiger partial charge >= 0.3 is 5.69 Å². The van der Waals surface area contributed by atoms with Crippen molar-refractivity contribution in [3.63, 3.8) is 0 Å². The van der Waals surface area contributed by atoms with Crippen LogP contribution in [0.1, 0.15) is 58.7 Å². The number of carbonyl (C=O) groups is 1. The lowest BCUT2D eigenvalue weighted by molar-refractivity contribution is -0.106. The Morgan fingerprint density at radius 1 is 1.11 bits per heavy atom. The van der Waals surface area contributed by atoms with E-state index >= 15 is 0 Å². The summed E-state index contributed by atoms with van der Waals surface area (Å²) in [5.74, 6) is 2.03. The standard InChI is InChI=1S/C24H27N5O2.C4H10.C2H4O/c1-4-26-23-22(17(2)25)28(24(30)29(23)19-14-15-27(3)16-19)18-10-12-21(13-11-18)31-20-8-6-5-7-9-20;1-3-4-2;1-2-3/h4-13,19,25-26H,1,14-16H2,2-3H3;3-4H2,1-2H3;2H,1H3. The predicted octanol–water partition coefficient (Wildman–Crippen LogP) is 6.26. The molecule has 1 fully saturated rings. The first kappa shape index (κ1) is 30.3. The number of hydrogen-bond donors (Lipinski definition) is 2. The molecule has 0 amide bonds. The second kappa shape index (κ2) is 15.4. The zero-order chi connectivity index (χ0) is 28.1. The van der Waals surface area contributed by atoms with Gasteiger partial charge in [-0.2, -0.15) is 0 Å². The fraction of sp³-hybridized carbons (Fsp3) is 0.367. The molecule has 1 aliphatic rings. The molecule has 204 valence electrons. The summed E-state index contributed by atoms with van der Waals surface area (Å²) in [6, 6.07) is 16.9. The number of carbonyl (C=O) groups excluding carboxylic acids is 1. The van der Waals surface area contributed by atoms with Crippen molar-refractivity contribution >= 4 is 17.8 Å². The second-order valence-electron chi connectivity index (χ2n) is 9.01. The largest absolute Gasteiger partial charge is 0.457 e. The molecule has 0 saturated carbocycles. The number of imidazole rings is 1. The van der Waals surface area contributed by atoms with Crippen LogP contribution in [0.25, 0.3) is 5.69 Å². The summed E-state index contributed by atoms with van der Waals surface area (Å²) in [6.07, 6.45) is 5.82. The molecule has 8 heteroatoms. The van der Waals surface area contributed by atoms with E-state index in [0.29, 0.717) is 28.7 Å². The molecule has 1 unspecified atom stereocenters. The maximum absolute atomic E-state index is 13.6. The maximum Gasteiger partial charge on any atom is 0.335 e. The Kier molecular flexibility index (Phi) is 12.3. The average Bonchev–Trinajstić information content (AvgIpc) is 3.46. The van der Waals surface area contributed by atoms with Gasteiger partial charge in [0, 0.05) is 6.54 Å². The summed E-state index contributed by atoms with van der Waals surface area (Å²) < 4.78 is 9.24. The number of hydrogen-bond acceptors (Lipinski definition) is 6. The van der Waals surface area contributed by atoms with Crippen molar-refractivity contribution in [2.75, 3.05) is 25.5 Å². The topological polar surface area (TPSA) is 92.4 Å². The number of unbranched alkanes of at least 4 members (excludes halogenated alkanes) is 1. The van der Waals surface area contributed by atoms with Gasteiger partial charge in [0.15, 0.2) is 0 Å². The van der Waals surface area contributed by atoms with E-state index in [-0.39, 0.29) is 11.7 Å². The number of benzene rings is 2. The first-order valence-corrected chi connectivity index (χ1v) is 13.0. The molecule has 2 N–H and O–H groups in total. The lowest BCUT2D eigenvalue weighted by Crippen LogP contribution is -2.29. The third-order valence-corrected chi connectivity index (χ3v) is 5.99. The van der Waals surface area contributed by atoms with Crippen molar-refractivity contribution in [1.29, 1.82) is 5.41 Å². The monoisotopic (exact) mass is 519 g/mol. The van der Waals surface area contributed by atoms with E-state index in [1.54, 1.807) is 22.3 Å². The molecule has 2 aromatic carbocycles. The SMILES string of the molecule is C=CNc1c(C(C)=N)n(-c2ccc(Oc3ccccc3)cc2)c(=O)n1C1CCN(C)C1.CC=O.CCCC. The van der Waals surface area contributed by atoms with Crippen molar-refractivity contribution < 1.29 is 9.53 Å². The lowest BCUT2D eigenvalue weighted by Gasteiger charge is -2.15. The Morgan fingerprint density at radius 3 is 2.16 bits per heavy atom. The Labute approximate surface area is 226 Å². The predicted molar refractivity (Wildman–Crippen MR) is 156 cm³/mol. The summed E-state index contributed by atoms with van der Waals surface area (Å²) >= 11 is 0. The van der Waals surface area contributed by atoms with Crippen LogP contribution in [0.15, 0.2) is 72.2 Å². The minimum atomic E-state index is -0.164. The van der Waals surface area contributed by atoms with Gasteiger partial charge in [-0.3, -0.25) is 9.13 Å². The van der Waals surface area contributed by atoms with Crippen LogP contribution in [-0.4, -0.2) is 46.2 Å². The number of para-hydroxylation sites is 1. The fourth-order valence-corrected chi connectivity index (χ4v) is 4.09. The summed E-state index contributed by atoms with van der Waals surface area (Å²) in [6.45, 7) is 13.0. The van der Waals surface area contributed by atoms with Crippen molar-refractivity contribution in [1.82, 2.24) is 14.0 Å². The van der Waals surface area contributed by atoms with Crippen molar-refractivity contribution in [3.8, 4) is 17.2 Å². The molecule has 3 aromatic rings. The maximum atomic E-state index is 13.6. The first-order chi connectivity index (χ1) is 18.3.